The predicted octanol–water partition coefficient (Wildman–Crippen LogP) is 2.54. The van der Waals surface area contributed by atoms with Crippen LogP contribution in [-0.4, -0.2) is 55.5 Å². The Kier molecular flexibility index (Phi) is 7.85. The van der Waals surface area contributed by atoms with E-state index in [0.29, 0.717) is 38.8 Å². The Balaban J connectivity index is 0.00000364. The van der Waals surface area contributed by atoms with Gasteiger partial charge >= 0.3 is 6.18 Å². The molecule has 1 unspecified atom stereocenters. The number of anilines is 1. The zero-order valence-corrected chi connectivity index (χ0v) is 15.8. The van der Waals surface area contributed by atoms with Gasteiger partial charge in [-0.3, -0.25) is 14.9 Å². The molecule has 1 fully saturated rings. The van der Waals surface area contributed by atoms with Crippen LogP contribution in [0.5, 0.6) is 0 Å². The molecule has 0 bridgehead atoms. The van der Waals surface area contributed by atoms with Gasteiger partial charge in [0.2, 0.25) is 5.91 Å². The minimum absolute atomic E-state index is 0. The van der Waals surface area contributed by atoms with Crippen molar-refractivity contribution in [1.29, 1.82) is 0 Å². The highest BCUT2D eigenvalue weighted by Crippen LogP contribution is 2.36. The maximum atomic E-state index is 12.8. The number of alkyl halides is 3. The molecular weight excluding hydrogens is 389 g/mol. The lowest BCUT2D eigenvalue weighted by Gasteiger charge is -2.37. The van der Waals surface area contributed by atoms with E-state index in [1.807, 2.05) is 6.92 Å². The molecule has 1 aliphatic rings. The van der Waals surface area contributed by atoms with Crippen molar-refractivity contribution in [3.8, 4) is 0 Å². The van der Waals surface area contributed by atoms with E-state index in [2.05, 4.69) is 5.32 Å². The number of rotatable bonds is 5. The van der Waals surface area contributed by atoms with Gasteiger partial charge in [-0.25, -0.2) is 0 Å². The fourth-order valence-electron chi connectivity index (χ4n) is 2.99. The minimum atomic E-state index is -4.64. The smallest absolute Gasteiger partial charge is 0.362 e. The molecule has 11 heteroatoms. The number of nitro benzene ring substituents is 1. The van der Waals surface area contributed by atoms with Crippen LogP contribution >= 0.6 is 12.4 Å². The average molecular weight is 411 g/mol. The summed E-state index contributed by atoms with van der Waals surface area (Å²) in [4.78, 5) is 26.0. The van der Waals surface area contributed by atoms with Crippen molar-refractivity contribution in [3.05, 3.63) is 33.9 Å². The van der Waals surface area contributed by atoms with Gasteiger partial charge in [-0.1, -0.05) is 6.92 Å². The van der Waals surface area contributed by atoms with E-state index in [0.717, 1.165) is 12.1 Å². The molecule has 7 nitrogen and oxygen atoms in total. The lowest BCUT2D eigenvalue weighted by molar-refractivity contribution is -0.384. The largest absolute Gasteiger partial charge is 0.416 e. The first-order valence-corrected chi connectivity index (χ1v) is 8.19. The van der Waals surface area contributed by atoms with Crippen molar-refractivity contribution >= 4 is 29.7 Å². The normalized spacial score (nSPS) is 15.9. The van der Waals surface area contributed by atoms with Crippen molar-refractivity contribution in [1.82, 2.24) is 10.2 Å². The molecule has 0 aromatic heterocycles. The van der Waals surface area contributed by atoms with E-state index < -0.39 is 22.4 Å². The van der Waals surface area contributed by atoms with Crippen LogP contribution in [0.4, 0.5) is 24.5 Å². The molecule has 152 valence electrons. The molecule has 1 aliphatic heterocycles. The summed E-state index contributed by atoms with van der Waals surface area (Å²) < 4.78 is 38.4. The van der Waals surface area contributed by atoms with Gasteiger partial charge in [0.1, 0.15) is 5.69 Å². The fourth-order valence-corrected chi connectivity index (χ4v) is 2.99. The molecule has 1 aromatic carbocycles. The lowest BCUT2D eigenvalue weighted by Crippen LogP contribution is -2.51. The number of carbonyl (C=O) groups excluding carboxylic acids is 1. The number of halogens is 4. The van der Waals surface area contributed by atoms with Crippen LogP contribution in [0.3, 0.4) is 0 Å². The van der Waals surface area contributed by atoms with Crippen LogP contribution in [0.1, 0.15) is 12.5 Å². The van der Waals surface area contributed by atoms with Gasteiger partial charge in [0.05, 0.1) is 10.5 Å². The third-order valence-corrected chi connectivity index (χ3v) is 4.36. The molecule has 1 heterocycles. The maximum Gasteiger partial charge on any atom is 0.416 e. The van der Waals surface area contributed by atoms with Crippen LogP contribution in [0, 0.1) is 16.0 Å². The predicted molar refractivity (Wildman–Crippen MR) is 97.2 cm³/mol. The average Bonchev–Trinajstić information content (AvgIpc) is 2.60. The van der Waals surface area contributed by atoms with Crippen LogP contribution in [-0.2, 0) is 11.0 Å². The number of nitrogens with zero attached hydrogens (tertiary/aromatic N) is 3. The van der Waals surface area contributed by atoms with Gasteiger partial charge < -0.3 is 15.1 Å². The Bertz CT molecular complexity index is 679. The van der Waals surface area contributed by atoms with Gasteiger partial charge in [-0.15, -0.1) is 12.4 Å². The molecule has 1 amide bonds. The minimum Gasteiger partial charge on any atom is -0.362 e. The number of nitro groups is 1. The first-order valence-electron chi connectivity index (χ1n) is 8.19. The van der Waals surface area contributed by atoms with E-state index in [1.165, 1.54) is 0 Å². The molecule has 1 saturated heterocycles. The van der Waals surface area contributed by atoms with Crippen molar-refractivity contribution in [2.45, 2.75) is 13.1 Å². The molecule has 1 aromatic rings. The highest BCUT2D eigenvalue weighted by molar-refractivity contribution is 5.85. The SMILES string of the molecule is CNCC(C)C(=O)N1CCN(c2ccc(C(F)(F)F)cc2[N+](=O)[O-])CC1.Cl. The second-order valence-corrected chi connectivity index (χ2v) is 6.23. The van der Waals surface area contributed by atoms with Crippen molar-refractivity contribution in [2.24, 2.45) is 5.92 Å². The number of benzene rings is 1. The van der Waals surface area contributed by atoms with E-state index in [1.54, 1.807) is 16.8 Å². The van der Waals surface area contributed by atoms with E-state index in [-0.39, 0.29) is 29.9 Å². The number of piperazine rings is 1. The molecule has 2 rings (SSSR count). The van der Waals surface area contributed by atoms with Gasteiger partial charge in [0, 0.05) is 44.7 Å². The van der Waals surface area contributed by atoms with Gasteiger partial charge in [0.15, 0.2) is 0 Å². The third-order valence-electron chi connectivity index (χ3n) is 4.36. The van der Waals surface area contributed by atoms with Gasteiger partial charge in [-0.05, 0) is 19.2 Å². The summed E-state index contributed by atoms with van der Waals surface area (Å²) in [6.45, 7) is 3.74. The third kappa shape index (κ3) is 5.46. The zero-order chi connectivity index (χ0) is 19.5. The molecule has 0 saturated carbocycles. The molecule has 0 spiro atoms. The summed E-state index contributed by atoms with van der Waals surface area (Å²) in [5.41, 5.74) is -1.50. The number of amides is 1. The Morgan fingerprint density at radius 1 is 1.30 bits per heavy atom. The molecule has 1 atom stereocenters. The topological polar surface area (TPSA) is 78.7 Å². The molecule has 27 heavy (non-hydrogen) atoms. The van der Waals surface area contributed by atoms with Crippen LogP contribution < -0.4 is 10.2 Å². The van der Waals surface area contributed by atoms with Crippen molar-refractivity contribution < 1.29 is 22.9 Å². The zero-order valence-electron chi connectivity index (χ0n) is 15.0. The number of hydrogen-bond donors (Lipinski definition) is 1. The quantitative estimate of drug-likeness (QED) is 0.596. The summed E-state index contributed by atoms with van der Waals surface area (Å²) in [5, 5.41) is 14.2. The summed E-state index contributed by atoms with van der Waals surface area (Å²) in [7, 11) is 1.76. The second-order valence-electron chi connectivity index (χ2n) is 6.23. The molecule has 0 aliphatic carbocycles. The summed E-state index contributed by atoms with van der Waals surface area (Å²) in [5.74, 6) is -0.201. The van der Waals surface area contributed by atoms with Crippen LogP contribution in [0.25, 0.3) is 0 Å². The first-order chi connectivity index (χ1) is 12.1. The van der Waals surface area contributed by atoms with E-state index in [9.17, 15) is 28.1 Å². The van der Waals surface area contributed by atoms with Gasteiger partial charge in [0.25, 0.3) is 5.69 Å². The van der Waals surface area contributed by atoms with Crippen molar-refractivity contribution in [3.63, 3.8) is 0 Å². The maximum absolute atomic E-state index is 12.8. The highest BCUT2D eigenvalue weighted by atomic mass is 35.5. The van der Waals surface area contributed by atoms with Crippen molar-refractivity contribution in [2.75, 3.05) is 44.7 Å². The van der Waals surface area contributed by atoms with Crippen LogP contribution in [0.15, 0.2) is 18.2 Å². The standard InChI is InChI=1S/C16H21F3N4O3.ClH/c1-11(10-20-2)15(24)22-7-5-21(6-8-22)13-4-3-12(16(17,18)19)9-14(13)23(25)26;/h3-4,9,11,20H,5-8,10H2,1-2H3;1H. The fraction of sp³-hybridized carbons (Fsp3) is 0.562. The monoisotopic (exact) mass is 410 g/mol. The molecule has 0 radical (unpaired) electrons. The first kappa shape index (κ1) is 23.0. The van der Waals surface area contributed by atoms with Crippen LogP contribution in [0.2, 0.25) is 0 Å². The number of nitrogens with one attached hydrogen (secondary N) is 1. The van der Waals surface area contributed by atoms with E-state index in [4.69, 9.17) is 0 Å². The Labute approximate surface area is 161 Å². The number of hydrogen-bond acceptors (Lipinski definition) is 5. The molecule has 1 N–H and O–H groups in total. The number of carbonyl (C=O) groups is 1. The highest BCUT2D eigenvalue weighted by Gasteiger charge is 2.34. The lowest BCUT2D eigenvalue weighted by atomic mass is 10.1. The summed E-state index contributed by atoms with van der Waals surface area (Å²) >= 11 is 0. The Hall–Kier alpha value is -2.07. The second kappa shape index (κ2) is 9.23. The molecular formula is C16H22ClF3N4O3. The van der Waals surface area contributed by atoms with Gasteiger partial charge in [-0.2, -0.15) is 13.2 Å². The summed E-state index contributed by atoms with van der Waals surface area (Å²) in [6, 6.07) is 2.53. The Morgan fingerprint density at radius 3 is 2.37 bits per heavy atom. The summed E-state index contributed by atoms with van der Waals surface area (Å²) in [6.07, 6.45) is -4.64. The Morgan fingerprint density at radius 2 is 1.89 bits per heavy atom. The van der Waals surface area contributed by atoms with E-state index >= 15 is 0 Å².